The number of hydrogen-bond acceptors (Lipinski definition) is 3. The molecule has 0 aliphatic heterocycles. The van der Waals surface area contributed by atoms with Crippen LogP contribution < -0.4 is 0 Å². The molecule has 6 heteroatoms. The van der Waals surface area contributed by atoms with Crippen molar-refractivity contribution in [1.82, 2.24) is 9.80 Å². The van der Waals surface area contributed by atoms with Crippen LogP contribution in [0.15, 0.2) is 0 Å². The summed E-state index contributed by atoms with van der Waals surface area (Å²) < 4.78 is 0. The van der Waals surface area contributed by atoms with E-state index in [1.54, 1.807) is 9.80 Å². The fourth-order valence-corrected chi connectivity index (χ4v) is 1.93. The first-order valence-electron chi connectivity index (χ1n) is 7.32. The minimum absolute atomic E-state index is 0.0131. The van der Waals surface area contributed by atoms with Crippen LogP contribution in [-0.4, -0.2) is 64.3 Å². The molecule has 0 aliphatic carbocycles. The third kappa shape index (κ3) is 7.33. The minimum Gasteiger partial charge on any atom is -0.481 e. The van der Waals surface area contributed by atoms with Crippen molar-refractivity contribution in [3.8, 4) is 0 Å². The van der Waals surface area contributed by atoms with Crippen LogP contribution in [0.3, 0.4) is 0 Å². The predicted molar refractivity (Wildman–Crippen MR) is 77.7 cm³/mol. The molecule has 0 atom stereocenters. The van der Waals surface area contributed by atoms with Gasteiger partial charge in [-0.05, 0) is 26.7 Å². The number of aliphatic hydroxyl groups is 1. The zero-order chi connectivity index (χ0) is 15.5. The minimum atomic E-state index is -0.848. The molecule has 0 aliphatic rings. The van der Waals surface area contributed by atoms with Crippen molar-refractivity contribution in [3.63, 3.8) is 0 Å². The monoisotopic (exact) mass is 288 g/mol. The van der Waals surface area contributed by atoms with Gasteiger partial charge in [0, 0.05) is 32.1 Å². The zero-order valence-electron chi connectivity index (χ0n) is 12.8. The molecule has 0 aromatic carbocycles. The van der Waals surface area contributed by atoms with Gasteiger partial charge in [-0.3, -0.25) is 4.79 Å². The van der Waals surface area contributed by atoms with Gasteiger partial charge in [0.2, 0.25) is 0 Å². The molecule has 0 saturated heterocycles. The summed E-state index contributed by atoms with van der Waals surface area (Å²) in [4.78, 5) is 26.3. The van der Waals surface area contributed by atoms with Gasteiger partial charge >= 0.3 is 12.0 Å². The number of carboxylic acid groups (broad SMARTS) is 1. The van der Waals surface area contributed by atoms with E-state index in [1.165, 1.54) is 0 Å². The van der Waals surface area contributed by atoms with Crippen LogP contribution in [0.5, 0.6) is 0 Å². The highest BCUT2D eigenvalue weighted by atomic mass is 16.4. The molecule has 2 N–H and O–H groups in total. The lowest BCUT2D eigenvalue weighted by atomic mass is 10.2. The molecule has 0 fully saturated rings. The largest absolute Gasteiger partial charge is 0.481 e. The second-order valence-electron chi connectivity index (χ2n) is 5.13. The van der Waals surface area contributed by atoms with E-state index >= 15 is 0 Å². The average molecular weight is 288 g/mol. The molecule has 0 aromatic heterocycles. The summed E-state index contributed by atoms with van der Waals surface area (Å²) in [7, 11) is 0. The van der Waals surface area contributed by atoms with Gasteiger partial charge in [-0.2, -0.15) is 0 Å². The third-order valence-corrected chi connectivity index (χ3v) is 3.08. The molecule has 20 heavy (non-hydrogen) atoms. The van der Waals surface area contributed by atoms with Gasteiger partial charge in [-0.25, -0.2) is 4.79 Å². The number of hydrogen-bond donors (Lipinski definition) is 2. The molecule has 0 saturated carbocycles. The average Bonchev–Trinajstić information content (AvgIpc) is 2.38. The summed E-state index contributed by atoms with van der Waals surface area (Å²) in [6.45, 7) is 7.19. The Kier molecular flexibility index (Phi) is 9.80. The molecule has 0 radical (unpaired) electrons. The fraction of sp³-hybridized carbons (Fsp3) is 0.857. The maximum atomic E-state index is 12.4. The van der Waals surface area contributed by atoms with E-state index in [0.717, 1.165) is 12.8 Å². The van der Waals surface area contributed by atoms with Crippen molar-refractivity contribution in [2.45, 2.75) is 52.5 Å². The van der Waals surface area contributed by atoms with E-state index in [4.69, 9.17) is 10.2 Å². The van der Waals surface area contributed by atoms with Crippen LogP contribution >= 0.6 is 0 Å². The van der Waals surface area contributed by atoms with Crippen LogP contribution in [0, 0.1) is 0 Å². The summed E-state index contributed by atoms with van der Waals surface area (Å²) in [6, 6.07) is -0.105. The molecule has 0 unspecified atom stereocenters. The molecule has 0 rings (SSSR count). The topological polar surface area (TPSA) is 81.1 Å². The standard InChI is InChI=1S/C14H28N2O4/c1-4-5-8-15(10-11-17)14(20)16(12(2)3)9-6-7-13(18)19/h12,17H,4-11H2,1-3H3,(H,18,19). The number of aliphatic hydroxyl groups excluding tert-OH is 1. The van der Waals surface area contributed by atoms with Crippen molar-refractivity contribution in [2.24, 2.45) is 0 Å². The Bertz CT molecular complexity index is 295. The van der Waals surface area contributed by atoms with Crippen LogP contribution in [0.25, 0.3) is 0 Å². The van der Waals surface area contributed by atoms with Gasteiger partial charge in [0.25, 0.3) is 0 Å². The maximum Gasteiger partial charge on any atom is 0.320 e. The van der Waals surface area contributed by atoms with Crippen LogP contribution in [0.2, 0.25) is 0 Å². The summed E-state index contributed by atoms with van der Waals surface area (Å²) in [5.41, 5.74) is 0. The lowest BCUT2D eigenvalue weighted by Gasteiger charge is -2.33. The van der Waals surface area contributed by atoms with Gasteiger partial charge in [-0.1, -0.05) is 13.3 Å². The van der Waals surface area contributed by atoms with Crippen molar-refractivity contribution in [1.29, 1.82) is 0 Å². The number of aliphatic carboxylic acids is 1. The van der Waals surface area contributed by atoms with E-state index in [9.17, 15) is 9.59 Å². The lowest BCUT2D eigenvalue weighted by Crippen LogP contribution is -2.48. The number of rotatable bonds is 10. The molecule has 0 bridgehead atoms. The summed E-state index contributed by atoms with van der Waals surface area (Å²) >= 11 is 0. The van der Waals surface area contributed by atoms with Gasteiger partial charge < -0.3 is 20.0 Å². The van der Waals surface area contributed by atoms with E-state index in [1.807, 2.05) is 13.8 Å². The first-order chi connectivity index (χ1) is 9.43. The quantitative estimate of drug-likeness (QED) is 0.642. The smallest absolute Gasteiger partial charge is 0.320 e. The number of carbonyl (C=O) groups is 2. The number of carboxylic acids is 1. The van der Waals surface area contributed by atoms with Crippen molar-refractivity contribution < 1.29 is 19.8 Å². The molecule has 0 spiro atoms. The Hall–Kier alpha value is -1.30. The first-order valence-corrected chi connectivity index (χ1v) is 7.32. The summed E-state index contributed by atoms with van der Waals surface area (Å²) in [6.07, 6.45) is 2.38. The molecule has 0 aromatic rings. The van der Waals surface area contributed by atoms with Crippen molar-refractivity contribution >= 4 is 12.0 Å². The Morgan fingerprint density at radius 1 is 1.10 bits per heavy atom. The van der Waals surface area contributed by atoms with Crippen LogP contribution in [0.4, 0.5) is 4.79 Å². The Morgan fingerprint density at radius 2 is 1.75 bits per heavy atom. The second-order valence-corrected chi connectivity index (χ2v) is 5.13. The van der Waals surface area contributed by atoms with Crippen molar-refractivity contribution in [3.05, 3.63) is 0 Å². The second kappa shape index (κ2) is 10.5. The summed E-state index contributed by atoms with van der Waals surface area (Å²) in [5, 5.41) is 17.7. The van der Waals surface area contributed by atoms with Crippen molar-refractivity contribution in [2.75, 3.05) is 26.2 Å². The van der Waals surface area contributed by atoms with Crippen LogP contribution in [-0.2, 0) is 4.79 Å². The number of amides is 2. The Labute approximate surface area is 121 Å². The van der Waals surface area contributed by atoms with E-state index < -0.39 is 5.97 Å². The van der Waals surface area contributed by atoms with Gasteiger partial charge in [0.15, 0.2) is 0 Å². The van der Waals surface area contributed by atoms with E-state index in [-0.39, 0.29) is 25.1 Å². The highest BCUT2D eigenvalue weighted by molar-refractivity contribution is 5.75. The molecule has 2 amide bonds. The maximum absolute atomic E-state index is 12.4. The molecule has 118 valence electrons. The zero-order valence-corrected chi connectivity index (χ0v) is 12.8. The van der Waals surface area contributed by atoms with Gasteiger partial charge in [-0.15, -0.1) is 0 Å². The normalized spacial score (nSPS) is 10.7. The Balaban J connectivity index is 4.59. The molecular weight excluding hydrogens is 260 g/mol. The SMILES string of the molecule is CCCCN(CCO)C(=O)N(CCCC(=O)O)C(C)C. The highest BCUT2D eigenvalue weighted by Gasteiger charge is 2.22. The van der Waals surface area contributed by atoms with Gasteiger partial charge in [0.1, 0.15) is 0 Å². The number of nitrogens with zero attached hydrogens (tertiary/aromatic N) is 2. The molecular formula is C14H28N2O4. The van der Waals surface area contributed by atoms with E-state index in [0.29, 0.717) is 26.1 Å². The first kappa shape index (κ1) is 18.7. The number of unbranched alkanes of at least 4 members (excludes halogenated alkanes) is 1. The molecule has 6 nitrogen and oxygen atoms in total. The third-order valence-electron chi connectivity index (χ3n) is 3.08. The highest BCUT2D eigenvalue weighted by Crippen LogP contribution is 2.08. The summed E-state index contributed by atoms with van der Waals surface area (Å²) in [5.74, 6) is -0.848. The van der Waals surface area contributed by atoms with Crippen LogP contribution in [0.1, 0.15) is 46.5 Å². The van der Waals surface area contributed by atoms with E-state index in [2.05, 4.69) is 6.92 Å². The number of carbonyl (C=O) groups excluding carboxylic acids is 1. The number of urea groups is 1. The van der Waals surface area contributed by atoms with Gasteiger partial charge in [0.05, 0.1) is 6.61 Å². The fourth-order valence-electron chi connectivity index (χ4n) is 1.93. The Morgan fingerprint density at radius 3 is 2.20 bits per heavy atom. The molecule has 0 heterocycles. The lowest BCUT2D eigenvalue weighted by molar-refractivity contribution is -0.137. The predicted octanol–water partition coefficient (Wildman–Crippen LogP) is 1.78.